The van der Waals surface area contributed by atoms with Crippen LogP contribution in [-0.2, 0) is 14.3 Å². The van der Waals surface area contributed by atoms with Gasteiger partial charge in [-0.2, -0.15) is 0 Å². The smallest absolute Gasteiger partial charge is 0.252 e. The minimum Gasteiger partial charge on any atom is -0.392 e. The Labute approximate surface area is 101 Å². The Bertz CT molecular complexity index is 254. The molecule has 1 rings (SSSR count). The lowest BCUT2D eigenvalue weighted by molar-refractivity contribution is -0.147. The predicted molar refractivity (Wildman–Crippen MR) is 64.2 cm³/mol. The molecule has 92 valence electrons. The van der Waals surface area contributed by atoms with E-state index in [0.29, 0.717) is 24.8 Å². The van der Waals surface area contributed by atoms with Crippen LogP contribution in [-0.4, -0.2) is 42.9 Å². The molecule has 16 heavy (non-hydrogen) atoms. The fourth-order valence-electron chi connectivity index (χ4n) is 1.48. The summed E-state index contributed by atoms with van der Waals surface area (Å²) in [5, 5.41) is 2.78. The van der Waals surface area contributed by atoms with Crippen LogP contribution in [0.25, 0.3) is 0 Å². The minimum atomic E-state index is -0.539. The van der Waals surface area contributed by atoms with Crippen LogP contribution < -0.4 is 11.1 Å². The maximum absolute atomic E-state index is 11.8. The van der Waals surface area contributed by atoms with Crippen molar-refractivity contribution in [3.05, 3.63) is 0 Å². The molecule has 0 spiro atoms. The van der Waals surface area contributed by atoms with E-state index in [1.165, 1.54) is 0 Å². The highest BCUT2D eigenvalue weighted by atomic mass is 32.1. The van der Waals surface area contributed by atoms with Gasteiger partial charge >= 0.3 is 0 Å². The maximum atomic E-state index is 11.8. The summed E-state index contributed by atoms with van der Waals surface area (Å²) < 4.78 is 10.4. The van der Waals surface area contributed by atoms with E-state index >= 15 is 0 Å². The topological polar surface area (TPSA) is 73.6 Å². The SMILES string of the molecule is CCCC(NC(=O)C1COCCO1)C(N)=S. The van der Waals surface area contributed by atoms with Gasteiger partial charge in [-0.25, -0.2) is 0 Å². The van der Waals surface area contributed by atoms with Gasteiger partial charge in [-0.3, -0.25) is 4.79 Å². The first-order valence-electron chi connectivity index (χ1n) is 5.44. The highest BCUT2D eigenvalue weighted by Gasteiger charge is 2.25. The Morgan fingerprint density at radius 2 is 2.38 bits per heavy atom. The molecule has 1 aliphatic rings. The number of nitrogens with two attached hydrogens (primary N) is 1. The predicted octanol–water partition coefficient (Wildman–Crippen LogP) is -0.0272. The van der Waals surface area contributed by atoms with Crippen LogP contribution in [0.5, 0.6) is 0 Å². The Hall–Kier alpha value is -0.720. The van der Waals surface area contributed by atoms with Crippen LogP contribution in [0.4, 0.5) is 0 Å². The van der Waals surface area contributed by atoms with Gasteiger partial charge in [0.05, 0.1) is 30.9 Å². The lowest BCUT2D eigenvalue weighted by Gasteiger charge is -2.24. The normalized spacial score (nSPS) is 22.4. The van der Waals surface area contributed by atoms with Crippen molar-refractivity contribution < 1.29 is 14.3 Å². The van der Waals surface area contributed by atoms with Crippen LogP contribution >= 0.6 is 12.2 Å². The largest absolute Gasteiger partial charge is 0.392 e. The molecule has 1 saturated heterocycles. The van der Waals surface area contributed by atoms with Crippen LogP contribution in [0.3, 0.4) is 0 Å². The zero-order valence-corrected chi connectivity index (χ0v) is 10.2. The molecule has 1 amide bonds. The molecule has 1 heterocycles. The molecule has 0 radical (unpaired) electrons. The third-order valence-corrected chi connectivity index (χ3v) is 2.63. The number of hydrogen-bond donors (Lipinski definition) is 2. The van der Waals surface area contributed by atoms with Crippen LogP contribution in [0, 0.1) is 0 Å². The number of nitrogens with one attached hydrogen (secondary N) is 1. The number of rotatable bonds is 5. The molecule has 0 saturated carbocycles. The van der Waals surface area contributed by atoms with Gasteiger partial charge in [0.15, 0.2) is 6.10 Å². The highest BCUT2D eigenvalue weighted by molar-refractivity contribution is 7.80. The van der Waals surface area contributed by atoms with Gasteiger partial charge in [-0.15, -0.1) is 0 Å². The Morgan fingerprint density at radius 3 is 2.88 bits per heavy atom. The van der Waals surface area contributed by atoms with Gasteiger partial charge in [0.1, 0.15) is 0 Å². The number of carbonyl (C=O) groups is 1. The Kier molecular flexibility index (Phi) is 5.65. The molecule has 2 atom stereocenters. The first-order chi connectivity index (χ1) is 7.65. The van der Waals surface area contributed by atoms with E-state index in [1.807, 2.05) is 6.92 Å². The van der Waals surface area contributed by atoms with E-state index < -0.39 is 6.10 Å². The van der Waals surface area contributed by atoms with E-state index in [4.69, 9.17) is 27.4 Å². The molecule has 0 aromatic carbocycles. The number of amides is 1. The van der Waals surface area contributed by atoms with E-state index in [0.717, 1.165) is 12.8 Å². The van der Waals surface area contributed by atoms with E-state index in [-0.39, 0.29) is 11.9 Å². The van der Waals surface area contributed by atoms with Crippen LogP contribution in [0.2, 0.25) is 0 Å². The van der Waals surface area contributed by atoms with Crippen molar-refractivity contribution in [3.63, 3.8) is 0 Å². The Balaban J connectivity index is 2.43. The fourth-order valence-corrected chi connectivity index (χ4v) is 1.65. The summed E-state index contributed by atoms with van der Waals surface area (Å²) in [5.41, 5.74) is 5.55. The van der Waals surface area contributed by atoms with Crippen molar-refractivity contribution in [3.8, 4) is 0 Å². The van der Waals surface area contributed by atoms with Crippen molar-refractivity contribution in [2.24, 2.45) is 5.73 Å². The maximum Gasteiger partial charge on any atom is 0.252 e. The summed E-state index contributed by atoms with van der Waals surface area (Å²) in [4.78, 5) is 12.1. The zero-order chi connectivity index (χ0) is 12.0. The molecule has 2 unspecified atom stereocenters. The second-order valence-electron chi connectivity index (χ2n) is 3.69. The molecule has 3 N–H and O–H groups in total. The molecule has 0 aliphatic carbocycles. The lowest BCUT2D eigenvalue weighted by Crippen LogP contribution is -2.50. The van der Waals surface area contributed by atoms with Gasteiger partial charge in [0, 0.05) is 0 Å². The number of carbonyl (C=O) groups excluding carboxylic acids is 1. The third kappa shape index (κ3) is 4.03. The monoisotopic (exact) mass is 246 g/mol. The molecule has 0 bridgehead atoms. The second kappa shape index (κ2) is 6.78. The van der Waals surface area contributed by atoms with E-state index in [9.17, 15) is 4.79 Å². The first kappa shape index (κ1) is 13.3. The van der Waals surface area contributed by atoms with Crippen molar-refractivity contribution >= 4 is 23.1 Å². The van der Waals surface area contributed by atoms with E-state index in [2.05, 4.69) is 5.32 Å². The average Bonchev–Trinajstić information content (AvgIpc) is 2.29. The van der Waals surface area contributed by atoms with Gasteiger partial charge in [-0.05, 0) is 6.42 Å². The first-order valence-corrected chi connectivity index (χ1v) is 5.85. The summed E-state index contributed by atoms with van der Waals surface area (Å²) in [6.07, 6.45) is 1.11. The van der Waals surface area contributed by atoms with Crippen molar-refractivity contribution in [2.75, 3.05) is 19.8 Å². The zero-order valence-electron chi connectivity index (χ0n) is 9.40. The second-order valence-corrected chi connectivity index (χ2v) is 4.16. The molecule has 0 aromatic heterocycles. The number of ether oxygens (including phenoxy) is 2. The fraction of sp³-hybridized carbons (Fsp3) is 0.800. The minimum absolute atomic E-state index is 0.203. The molecule has 1 aliphatic heterocycles. The molecule has 1 fully saturated rings. The average molecular weight is 246 g/mol. The Morgan fingerprint density at radius 1 is 1.62 bits per heavy atom. The van der Waals surface area contributed by atoms with E-state index in [1.54, 1.807) is 0 Å². The number of hydrogen-bond acceptors (Lipinski definition) is 4. The van der Waals surface area contributed by atoms with Crippen LogP contribution in [0.1, 0.15) is 19.8 Å². The highest BCUT2D eigenvalue weighted by Crippen LogP contribution is 2.03. The molecular formula is C10H18N2O3S. The van der Waals surface area contributed by atoms with Crippen molar-refractivity contribution in [1.82, 2.24) is 5.32 Å². The summed E-state index contributed by atoms with van der Waals surface area (Å²) in [6, 6.07) is -0.252. The molecule has 5 nitrogen and oxygen atoms in total. The molecular weight excluding hydrogens is 228 g/mol. The standard InChI is InChI=1S/C10H18N2O3S/c1-2-3-7(9(11)16)12-10(13)8-6-14-4-5-15-8/h7-8H,2-6H2,1H3,(H2,11,16)(H,12,13). The van der Waals surface area contributed by atoms with Crippen molar-refractivity contribution in [2.45, 2.75) is 31.9 Å². The lowest BCUT2D eigenvalue weighted by atomic mass is 10.1. The summed E-state index contributed by atoms with van der Waals surface area (Å²) in [5.74, 6) is -0.203. The summed E-state index contributed by atoms with van der Waals surface area (Å²) >= 11 is 4.89. The van der Waals surface area contributed by atoms with Gasteiger partial charge in [0.2, 0.25) is 0 Å². The summed E-state index contributed by atoms with van der Waals surface area (Å²) in [6.45, 7) is 3.29. The molecule has 6 heteroatoms. The van der Waals surface area contributed by atoms with Crippen LogP contribution in [0.15, 0.2) is 0 Å². The van der Waals surface area contributed by atoms with Gasteiger partial charge < -0.3 is 20.5 Å². The van der Waals surface area contributed by atoms with Gasteiger partial charge in [-0.1, -0.05) is 25.6 Å². The molecule has 0 aromatic rings. The quantitative estimate of drug-likeness (QED) is 0.667. The number of thiocarbonyl (C=S) groups is 1. The van der Waals surface area contributed by atoms with Crippen molar-refractivity contribution in [1.29, 1.82) is 0 Å². The summed E-state index contributed by atoms with van der Waals surface area (Å²) in [7, 11) is 0. The van der Waals surface area contributed by atoms with Gasteiger partial charge in [0.25, 0.3) is 5.91 Å². The third-order valence-electron chi connectivity index (χ3n) is 2.35.